The van der Waals surface area contributed by atoms with Crippen LogP contribution in [0, 0.1) is 0 Å². The zero-order chi connectivity index (χ0) is 17.2. The minimum Gasteiger partial charge on any atom is -0.490 e. The molecule has 1 aromatic rings. The number of nitrogens with one attached hydrogen (secondary N) is 1. The van der Waals surface area contributed by atoms with E-state index >= 15 is 0 Å². The molecule has 1 aromatic carbocycles. The van der Waals surface area contributed by atoms with E-state index < -0.39 is 6.10 Å². The van der Waals surface area contributed by atoms with Gasteiger partial charge < -0.3 is 19.9 Å². The highest BCUT2D eigenvalue weighted by atomic mass is 16.5. The Balaban J connectivity index is 2.73. The van der Waals surface area contributed by atoms with Gasteiger partial charge in [0.15, 0.2) is 5.78 Å². The fourth-order valence-corrected chi connectivity index (χ4v) is 2.04. The molecule has 5 heteroatoms. The van der Waals surface area contributed by atoms with E-state index in [4.69, 9.17) is 9.47 Å². The van der Waals surface area contributed by atoms with Crippen molar-refractivity contribution in [3.05, 3.63) is 29.3 Å². The third-order valence-electron chi connectivity index (χ3n) is 3.36. The van der Waals surface area contributed by atoms with Crippen molar-refractivity contribution in [2.75, 3.05) is 19.8 Å². The number of aliphatic hydroxyl groups excluding tert-OH is 1. The third kappa shape index (κ3) is 7.12. The molecule has 1 rings (SSSR count). The molecule has 0 radical (unpaired) electrons. The molecule has 0 aromatic heterocycles. The lowest BCUT2D eigenvalue weighted by molar-refractivity contribution is 0.0974. The van der Waals surface area contributed by atoms with Crippen LogP contribution in [-0.2, 0) is 11.3 Å². The van der Waals surface area contributed by atoms with Gasteiger partial charge in [-0.15, -0.1) is 0 Å². The van der Waals surface area contributed by atoms with Crippen LogP contribution < -0.4 is 10.1 Å². The summed E-state index contributed by atoms with van der Waals surface area (Å²) in [5.74, 6) is 0.741. The van der Waals surface area contributed by atoms with Crippen molar-refractivity contribution in [2.45, 2.75) is 52.9 Å². The van der Waals surface area contributed by atoms with Gasteiger partial charge in [0.25, 0.3) is 0 Å². The highest BCUT2D eigenvalue weighted by Crippen LogP contribution is 2.22. The number of ether oxygens (including phenoxy) is 2. The lowest BCUT2D eigenvalue weighted by Gasteiger charge is -2.17. The van der Waals surface area contributed by atoms with Crippen LogP contribution in [-0.4, -0.2) is 42.8 Å². The molecule has 0 aliphatic heterocycles. The Labute approximate surface area is 139 Å². The summed E-state index contributed by atoms with van der Waals surface area (Å²) in [6.07, 6.45) is -0.122. The molecule has 0 bridgehead atoms. The van der Waals surface area contributed by atoms with Crippen molar-refractivity contribution in [1.82, 2.24) is 5.32 Å². The van der Waals surface area contributed by atoms with Gasteiger partial charge in [-0.05, 0) is 25.1 Å². The van der Waals surface area contributed by atoms with E-state index in [-0.39, 0.29) is 12.4 Å². The summed E-state index contributed by atoms with van der Waals surface area (Å²) in [4.78, 5) is 11.8. The van der Waals surface area contributed by atoms with E-state index in [0.717, 1.165) is 5.56 Å². The molecular weight excluding hydrogens is 294 g/mol. The second kappa shape index (κ2) is 10.4. The van der Waals surface area contributed by atoms with Gasteiger partial charge >= 0.3 is 0 Å². The molecule has 0 spiro atoms. The molecule has 1 unspecified atom stereocenters. The lowest BCUT2D eigenvalue weighted by atomic mass is 10.1. The number of rotatable bonds is 11. The van der Waals surface area contributed by atoms with Crippen LogP contribution in [0.5, 0.6) is 5.75 Å². The van der Waals surface area contributed by atoms with E-state index in [0.29, 0.717) is 43.5 Å². The first-order valence-corrected chi connectivity index (χ1v) is 8.26. The van der Waals surface area contributed by atoms with Crippen LogP contribution in [0.4, 0.5) is 0 Å². The van der Waals surface area contributed by atoms with Crippen LogP contribution in [0.25, 0.3) is 0 Å². The number of ketones is 1. The highest BCUT2D eigenvalue weighted by molar-refractivity contribution is 5.96. The molecule has 0 heterocycles. The van der Waals surface area contributed by atoms with Crippen molar-refractivity contribution in [3.8, 4) is 5.75 Å². The normalized spacial score (nSPS) is 12.4. The van der Waals surface area contributed by atoms with E-state index in [1.54, 1.807) is 12.1 Å². The van der Waals surface area contributed by atoms with Crippen LogP contribution in [0.15, 0.2) is 18.2 Å². The van der Waals surface area contributed by atoms with Crippen molar-refractivity contribution >= 4 is 5.78 Å². The first kappa shape index (κ1) is 19.6. The fraction of sp³-hybridized carbons (Fsp3) is 0.611. The van der Waals surface area contributed by atoms with Gasteiger partial charge in [-0.3, -0.25) is 4.79 Å². The average molecular weight is 323 g/mol. The van der Waals surface area contributed by atoms with Crippen LogP contribution in [0.1, 0.15) is 50.0 Å². The number of aliphatic hydroxyl groups is 1. The number of carbonyl (C=O) groups excluding carboxylic acids is 1. The van der Waals surface area contributed by atoms with Crippen molar-refractivity contribution in [2.24, 2.45) is 0 Å². The SMILES string of the molecule is CCOCc1cc(C(=O)CC)ccc1OCC(O)CNC(C)C. The standard InChI is InChI=1S/C18H29NO4/c1-5-17(21)14-7-8-18(15(9-14)11-22-6-2)23-12-16(20)10-19-13(3)4/h7-9,13,16,19-20H,5-6,10-12H2,1-4H3. The number of Topliss-reactive ketones (excluding diaryl/α,β-unsaturated/α-hetero) is 1. The molecule has 0 amide bonds. The molecule has 0 fully saturated rings. The molecule has 23 heavy (non-hydrogen) atoms. The Morgan fingerprint density at radius 2 is 2.04 bits per heavy atom. The van der Waals surface area contributed by atoms with E-state index in [1.165, 1.54) is 0 Å². The highest BCUT2D eigenvalue weighted by Gasteiger charge is 2.12. The maximum absolute atomic E-state index is 11.8. The topological polar surface area (TPSA) is 67.8 Å². The summed E-state index contributed by atoms with van der Waals surface area (Å²) in [6, 6.07) is 5.67. The van der Waals surface area contributed by atoms with E-state index in [1.807, 2.05) is 33.8 Å². The summed E-state index contributed by atoms with van der Waals surface area (Å²) >= 11 is 0. The molecule has 130 valence electrons. The zero-order valence-corrected chi connectivity index (χ0v) is 14.6. The molecule has 2 N–H and O–H groups in total. The smallest absolute Gasteiger partial charge is 0.162 e. The largest absolute Gasteiger partial charge is 0.490 e. The second-order valence-corrected chi connectivity index (χ2v) is 5.76. The Hall–Kier alpha value is -1.43. The van der Waals surface area contributed by atoms with Crippen LogP contribution in [0.3, 0.4) is 0 Å². The minimum atomic E-state index is -0.589. The summed E-state index contributed by atoms with van der Waals surface area (Å²) in [5.41, 5.74) is 1.49. The Bertz CT molecular complexity index is 488. The third-order valence-corrected chi connectivity index (χ3v) is 3.36. The maximum Gasteiger partial charge on any atom is 0.162 e. The van der Waals surface area contributed by atoms with Crippen LogP contribution >= 0.6 is 0 Å². The summed E-state index contributed by atoms with van der Waals surface area (Å²) in [7, 11) is 0. The first-order chi connectivity index (χ1) is 11.0. The molecule has 0 aliphatic rings. The Morgan fingerprint density at radius 1 is 1.30 bits per heavy atom. The van der Waals surface area contributed by atoms with Gasteiger partial charge in [0.1, 0.15) is 18.5 Å². The molecule has 0 aliphatic carbocycles. The minimum absolute atomic E-state index is 0.0930. The number of hydrogen-bond donors (Lipinski definition) is 2. The quantitative estimate of drug-likeness (QED) is 0.613. The zero-order valence-electron chi connectivity index (χ0n) is 14.6. The van der Waals surface area contributed by atoms with Gasteiger partial charge in [0.2, 0.25) is 0 Å². The first-order valence-electron chi connectivity index (χ1n) is 8.26. The van der Waals surface area contributed by atoms with Crippen molar-refractivity contribution < 1.29 is 19.4 Å². The number of benzene rings is 1. The van der Waals surface area contributed by atoms with Crippen molar-refractivity contribution in [1.29, 1.82) is 0 Å². The molecule has 0 saturated heterocycles. The van der Waals surface area contributed by atoms with Gasteiger partial charge in [-0.1, -0.05) is 20.8 Å². The molecule has 0 saturated carbocycles. The number of hydrogen-bond acceptors (Lipinski definition) is 5. The lowest BCUT2D eigenvalue weighted by Crippen LogP contribution is -2.35. The Morgan fingerprint density at radius 3 is 2.65 bits per heavy atom. The predicted octanol–water partition coefficient (Wildman–Crippen LogP) is 2.55. The van der Waals surface area contributed by atoms with E-state index in [9.17, 15) is 9.90 Å². The number of carbonyl (C=O) groups is 1. The maximum atomic E-state index is 11.8. The van der Waals surface area contributed by atoms with Gasteiger partial charge in [-0.25, -0.2) is 0 Å². The fourth-order valence-electron chi connectivity index (χ4n) is 2.04. The van der Waals surface area contributed by atoms with Gasteiger partial charge in [0, 0.05) is 36.7 Å². The molecule has 1 atom stereocenters. The monoisotopic (exact) mass is 323 g/mol. The van der Waals surface area contributed by atoms with Crippen molar-refractivity contribution in [3.63, 3.8) is 0 Å². The summed E-state index contributed by atoms with van der Waals surface area (Å²) < 4.78 is 11.2. The van der Waals surface area contributed by atoms with Gasteiger partial charge in [0.05, 0.1) is 6.61 Å². The molecule has 5 nitrogen and oxygen atoms in total. The predicted molar refractivity (Wildman–Crippen MR) is 91.0 cm³/mol. The average Bonchev–Trinajstić information content (AvgIpc) is 2.55. The summed E-state index contributed by atoms with van der Waals surface area (Å²) in [5, 5.41) is 13.1. The van der Waals surface area contributed by atoms with Crippen LogP contribution in [0.2, 0.25) is 0 Å². The Kier molecular flexibility index (Phi) is 8.84. The summed E-state index contributed by atoms with van der Waals surface area (Å²) in [6.45, 7) is 9.46. The van der Waals surface area contributed by atoms with Gasteiger partial charge in [-0.2, -0.15) is 0 Å². The van der Waals surface area contributed by atoms with E-state index in [2.05, 4.69) is 5.32 Å². The second-order valence-electron chi connectivity index (χ2n) is 5.76. The molecular formula is C18H29NO4.